The summed E-state index contributed by atoms with van der Waals surface area (Å²) in [6.45, 7) is 1.67. The molecule has 4 nitrogen and oxygen atoms in total. The van der Waals surface area contributed by atoms with Crippen LogP contribution in [-0.2, 0) is 4.79 Å². The van der Waals surface area contributed by atoms with Crippen LogP contribution >= 0.6 is 15.9 Å². The lowest BCUT2D eigenvalue weighted by molar-refractivity contribution is -0.132. The fraction of sp³-hybridized carbons (Fsp3) is 0.462. The average molecular weight is 316 g/mol. The van der Waals surface area contributed by atoms with Gasteiger partial charge in [0.1, 0.15) is 5.75 Å². The van der Waals surface area contributed by atoms with Crippen LogP contribution in [0.25, 0.3) is 0 Å². The third-order valence-electron chi connectivity index (χ3n) is 2.90. The van der Waals surface area contributed by atoms with Crippen molar-refractivity contribution >= 4 is 21.8 Å². The Kier molecular flexibility index (Phi) is 5.62. The Morgan fingerprint density at radius 1 is 1.56 bits per heavy atom. The molecule has 0 aliphatic rings. The van der Waals surface area contributed by atoms with Crippen molar-refractivity contribution in [3.63, 3.8) is 0 Å². The van der Waals surface area contributed by atoms with Crippen molar-refractivity contribution in [3.05, 3.63) is 28.2 Å². The number of aliphatic hydroxyl groups excluding tert-OH is 1. The Bertz CT molecular complexity index is 423. The molecule has 0 heterocycles. The van der Waals surface area contributed by atoms with Gasteiger partial charge in [-0.3, -0.25) is 4.79 Å². The van der Waals surface area contributed by atoms with Gasteiger partial charge in [0.05, 0.1) is 19.8 Å². The van der Waals surface area contributed by atoms with E-state index in [4.69, 9.17) is 4.74 Å². The van der Waals surface area contributed by atoms with Crippen molar-refractivity contribution in [1.82, 2.24) is 4.90 Å². The van der Waals surface area contributed by atoms with Crippen molar-refractivity contribution in [2.45, 2.75) is 19.4 Å². The number of hydrogen-bond donors (Lipinski definition) is 1. The first-order valence-electron chi connectivity index (χ1n) is 5.75. The van der Waals surface area contributed by atoms with Crippen molar-refractivity contribution in [2.75, 3.05) is 20.8 Å². The number of nitrogens with zero attached hydrogens (tertiary/aromatic N) is 1. The van der Waals surface area contributed by atoms with Crippen LogP contribution in [0.4, 0.5) is 0 Å². The second kappa shape index (κ2) is 6.75. The molecule has 1 N–H and O–H groups in total. The monoisotopic (exact) mass is 315 g/mol. The Morgan fingerprint density at radius 3 is 2.72 bits per heavy atom. The zero-order chi connectivity index (χ0) is 13.7. The fourth-order valence-electron chi connectivity index (χ4n) is 1.76. The highest BCUT2D eigenvalue weighted by Gasteiger charge is 2.22. The molecule has 100 valence electrons. The zero-order valence-corrected chi connectivity index (χ0v) is 12.4. The fourth-order valence-corrected chi connectivity index (χ4v) is 2.27. The molecule has 0 saturated heterocycles. The summed E-state index contributed by atoms with van der Waals surface area (Å²) in [5.74, 6) is 0.688. The normalized spacial score (nSPS) is 12.1. The number of hydrogen-bond acceptors (Lipinski definition) is 3. The summed E-state index contributed by atoms with van der Waals surface area (Å²) >= 11 is 3.44. The van der Waals surface area contributed by atoms with Crippen LogP contribution in [0, 0.1) is 0 Å². The summed E-state index contributed by atoms with van der Waals surface area (Å²) in [7, 11) is 3.28. The highest BCUT2D eigenvalue weighted by atomic mass is 79.9. The molecule has 1 aromatic rings. The van der Waals surface area contributed by atoms with E-state index in [9.17, 15) is 9.90 Å². The molecule has 5 heteroatoms. The summed E-state index contributed by atoms with van der Waals surface area (Å²) in [5, 5.41) is 9.53. The van der Waals surface area contributed by atoms with Crippen molar-refractivity contribution in [3.8, 4) is 5.75 Å². The van der Waals surface area contributed by atoms with Gasteiger partial charge in [0.2, 0.25) is 5.91 Å². The van der Waals surface area contributed by atoms with Gasteiger partial charge in [-0.15, -0.1) is 0 Å². The number of halogens is 1. The van der Waals surface area contributed by atoms with E-state index in [1.54, 1.807) is 26.0 Å². The number of benzene rings is 1. The Labute approximate surface area is 116 Å². The van der Waals surface area contributed by atoms with E-state index in [0.717, 1.165) is 10.0 Å². The van der Waals surface area contributed by atoms with Gasteiger partial charge < -0.3 is 14.7 Å². The minimum Gasteiger partial charge on any atom is -0.497 e. The molecule has 0 aliphatic heterocycles. The third-order valence-corrected chi connectivity index (χ3v) is 3.62. The maximum Gasteiger partial charge on any atom is 0.222 e. The Hall–Kier alpha value is -1.07. The minimum atomic E-state index is -0.373. The van der Waals surface area contributed by atoms with Crippen LogP contribution in [-0.4, -0.2) is 36.7 Å². The highest BCUT2D eigenvalue weighted by Crippen LogP contribution is 2.30. The third kappa shape index (κ3) is 3.23. The van der Waals surface area contributed by atoms with E-state index in [-0.39, 0.29) is 18.6 Å². The largest absolute Gasteiger partial charge is 0.497 e. The molecule has 18 heavy (non-hydrogen) atoms. The standard InChI is InChI=1S/C13H18BrNO3/c1-4-13(17)15(2)12(8-16)10-7-9(18-3)5-6-11(10)14/h5-7,12,16H,4,8H2,1-3H3. The molecule has 0 saturated carbocycles. The SMILES string of the molecule is CCC(=O)N(C)C(CO)c1cc(OC)ccc1Br. The van der Waals surface area contributed by atoms with E-state index in [0.29, 0.717) is 12.2 Å². The molecular formula is C13H18BrNO3. The van der Waals surface area contributed by atoms with Gasteiger partial charge in [0.15, 0.2) is 0 Å². The lowest BCUT2D eigenvalue weighted by atomic mass is 10.1. The maximum atomic E-state index is 11.7. The van der Waals surface area contributed by atoms with Crippen LogP contribution in [0.15, 0.2) is 22.7 Å². The molecule has 1 aromatic carbocycles. The second-order valence-electron chi connectivity index (χ2n) is 3.94. The number of carbonyl (C=O) groups is 1. The lowest BCUT2D eigenvalue weighted by Crippen LogP contribution is -2.32. The van der Waals surface area contributed by atoms with Gasteiger partial charge >= 0.3 is 0 Å². The van der Waals surface area contributed by atoms with Crippen molar-refractivity contribution < 1.29 is 14.6 Å². The molecule has 1 rings (SSSR count). The van der Waals surface area contributed by atoms with Crippen LogP contribution in [0.5, 0.6) is 5.75 Å². The van der Waals surface area contributed by atoms with Crippen LogP contribution < -0.4 is 4.74 Å². The number of amides is 1. The first-order valence-corrected chi connectivity index (χ1v) is 6.54. The number of ether oxygens (including phenoxy) is 1. The number of likely N-dealkylation sites (N-methyl/N-ethyl adjacent to an activating group) is 1. The van der Waals surface area contributed by atoms with E-state index < -0.39 is 0 Å². The van der Waals surface area contributed by atoms with E-state index in [1.807, 2.05) is 18.2 Å². The molecule has 1 amide bonds. The number of carbonyl (C=O) groups excluding carboxylic acids is 1. The first kappa shape index (κ1) is 15.0. The molecule has 1 atom stereocenters. The lowest BCUT2D eigenvalue weighted by Gasteiger charge is -2.27. The van der Waals surface area contributed by atoms with E-state index in [2.05, 4.69) is 15.9 Å². The van der Waals surface area contributed by atoms with Crippen LogP contribution in [0.1, 0.15) is 24.9 Å². The molecular weight excluding hydrogens is 298 g/mol. The first-order chi connectivity index (χ1) is 8.54. The summed E-state index contributed by atoms with van der Waals surface area (Å²) in [5.41, 5.74) is 0.834. The van der Waals surface area contributed by atoms with Gasteiger partial charge in [-0.25, -0.2) is 0 Å². The summed E-state index contributed by atoms with van der Waals surface area (Å²) in [6, 6.07) is 5.12. The minimum absolute atomic E-state index is 0.0104. The highest BCUT2D eigenvalue weighted by molar-refractivity contribution is 9.10. The number of rotatable bonds is 5. The summed E-state index contributed by atoms with van der Waals surface area (Å²) in [6.07, 6.45) is 0.411. The van der Waals surface area contributed by atoms with E-state index in [1.165, 1.54) is 0 Å². The Morgan fingerprint density at radius 2 is 2.22 bits per heavy atom. The van der Waals surface area contributed by atoms with Gasteiger partial charge in [-0.1, -0.05) is 22.9 Å². The topological polar surface area (TPSA) is 49.8 Å². The number of methoxy groups -OCH3 is 1. The van der Waals surface area contributed by atoms with Gasteiger partial charge in [0.25, 0.3) is 0 Å². The van der Waals surface area contributed by atoms with E-state index >= 15 is 0 Å². The average Bonchev–Trinajstić information content (AvgIpc) is 2.40. The summed E-state index contributed by atoms with van der Waals surface area (Å²) in [4.78, 5) is 13.3. The molecule has 0 aromatic heterocycles. The van der Waals surface area contributed by atoms with Crippen LogP contribution in [0.3, 0.4) is 0 Å². The quantitative estimate of drug-likeness (QED) is 0.907. The summed E-state index contributed by atoms with van der Waals surface area (Å²) < 4.78 is 6.01. The molecule has 0 fully saturated rings. The molecule has 0 spiro atoms. The zero-order valence-electron chi connectivity index (χ0n) is 10.8. The smallest absolute Gasteiger partial charge is 0.222 e. The maximum absolute atomic E-state index is 11.7. The van der Waals surface area contributed by atoms with Gasteiger partial charge in [0, 0.05) is 17.9 Å². The van der Waals surface area contributed by atoms with Crippen LogP contribution in [0.2, 0.25) is 0 Å². The predicted octanol–water partition coefficient (Wildman–Crippen LogP) is 2.36. The molecule has 1 unspecified atom stereocenters. The predicted molar refractivity (Wildman–Crippen MR) is 73.6 cm³/mol. The van der Waals surface area contributed by atoms with Crippen molar-refractivity contribution in [1.29, 1.82) is 0 Å². The van der Waals surface area contributed by atoms with Crippen molar-refractivity contribution in [2.24, 2.45) is 0 Å². The molecule has 0 bridgehead atoms. The Balaban J connectivity index is 3.11. The second-order valence-corrected chi connectivity index (χ2v) is 4.80. The van der Waals surface area contributed by atoms with Gasteiger partial charge in [-0.05, 0) is 23.8 Å². The molecule has 0 aliphatic carbocycles. The molecule has 0 radical (unpaired) electrons. The number of aliphatic hydroxyl groups is 1. The van der Waals surface area contributed by atoms with Gasteiger partial charge in [-0.2, -0.15) is 0 Å².